The van der Waals surface area contributed by atoms with E-state index in [0.717, 1.165) is 23.4 Å². The first-order valence-corrected chi connectivity index (χ1v) is 9.33. The van der Waals surface area contributed by atoms with Gasteiger partial charge in [0.1, 0.15) is 0 Å². The van der Waals surface area contributed by atoms with Crippen LogP contribution in [0.25, 0.3) is 11.0 Å². The number of hydrogen-bond acceptors (Lipinski definition) is 5. The maximum absolute atomic E-state index is 12.9. The van der Waals surface area contributed by atoms with Crippen molar-refractivity contribution in [3.63, 3.8) is 0 Å². The molecule has 0 saturated carbocycles. The van der Waals surface area contributed by atoms with Crippen LogP contribution in [0.2, 0.25) is 0 Å². The summed E-state index contributed by atoms with van der Waals surface area (Å²) in [5, 5.41) is 0.550. The molecule has 0 aliphatic heterocycles. The standard InChI is InChI=1S/C19H20F3N3O2S/c1-25(2)15-9-17(27-4)16(26-3)7-11(15)10-28-18-23-13-6-5-12(19(20,21)22)8-14(13)24-18/h5-9H,10H2,1-4H3,(H,23,24). The number of H-pyrrole nitrogens is 1. The van der Waals surface area contributed by atoms with Crippen LogP contribution in [0.1, 0.15) is 11.1 Å². The Morgan fingerprint density at radius 1 is 1.07 bits per heavy atom. The van der Waals surface area contributed by atoms with Crippen molar-refractivity contribution >= 4 is 28.5 Å². The monoisotopic (exact) mass is 411 g/mol. The number of alkyl halides is 3. The number of nitrogens with zero attached hydrogens (tertiary/aromatic N) is 2. The van der Waals surface area contributed by atoms with E-state index in [0.29, 0.717) is 33.4 Å². The van der Waals surface area contributed by atoms with Crippen LogP contribution >= 0.6 is 11.8 Å². The molecule has 3 aromatic rings. The van der Waals surface area contributed by atoms with E-state index in [4.69, 9.17) is 9.47 Å². The number of nitrogens with one attached hydrogen (secondary N) is 1. The Morgan fingerprint density at radius 2 is 1.75 bits per heavy atom. The van der Waals surface area contributed by atoms with Crippen LogP contribution in [-0.2, 0) is 11.9 Å². The zero-order valence-corrected chi connectivity index (χ0v) is 16.7. The molecule has 28 heavy (non-hydrogen) atoms. The molecule has 0 aliphatic rings. The van der Waals surface area contributed by atoms with Gasteiger partial charge in [-0.05, 0) is 29.8 Å². The van der Waals surface area contributed by atoms with Crippen LogP contribution in [0.5, 0.6) is 11.5 Å². The maximum Gasteiger partial charge on any atom is 0.416 e. The van der Waals surface area contributed by atoms with Crippen molar-refractivity contribution in [2.45, 2.75) is 17.1 Å². The fraction of sp³-hybridized carbons (Fsp3) is 0.316. The van der Waals surface area contributed by atoms with E-state index < -0.39 is 11.7 Å². The topological polar surface area (TPSA) is 50.4 Å². The summed E-state index contributed by atoms with van der Waals surface area (Å²) in [6, 6.07) is 7.28. The quantitative estimate of drug-likeness (QED) is 0.581. The van der Waals surface area contributed by atoms with Gasteiger partial charge in [-0.25, -0.2) is 4.98 Å². The Balaban J connectivity index is 1.87. The van der Waals surface area contributed by atoms with Crippen LogP contribution in [0, 0.1) is 0 Å². The largest absolute Gasteiger partial charge is 0.493 e. The molecule has 9 heteroatoms. The molecule has 0 spiro atoms. The van der Waals surface area contributed by atoms with Gasteiger partial charge >= 0.3 is 6.18 Å². The Morgan fingerprint density at radius 3 is 2.36 bits per heavy atom. The number of halogens is 3. The van der Waals surface area contributed by atoms with Crippen molar-refractivity contribution in [2.75, 3.05) is 33.2 Å². The molecule has 0 unspecified atom stereocenters. The van der Waals surface area contributed by atoms with Crippen LogP contribution in [0.4, 0.5) is 18.9 Å². The number of benzene rings is 2. The van der Waals surface area contributed by atoms with E-state index in [1.54, 1.807) is 14.2 Å². The highest BCUT2D eigenvalue weighted by molar-refractivity contribution is 7.98. The average Bonchev–Trinajstić information content (AvgIpc) is 3.06. The molecule has 0 bridgehead atoms. The first-order chi connectivity index (χ1) is 13.2. The van der Waals surface area contributed by atoms with Gasteiger partial charge in [0.25, 0.3) is 0 Å². The summed E-state index contributed by atoms with van der Waals surface area (Å²) in [4.78, 5) is 9.30. The minimum Gasteiger partial charge on any atom is -0.493 e. The molecular weight excluding hydrogens is 391 g/mol. The van der Waals surface area contributed by atoms with Gasteiger partial charge in [-0.2, -0.15) is 13.2 Å². The molecule has 0 aliphatic carbocycles. The number of methoxy groups -OCH3 is 2. The fourth-order valence-corrected chi connectivity index (χ4v) is 3.69. The number of hydrogen-bond donors (Lipinski definition) is 1. The molecule has 1 aromatic heterocycles. The number of ether oxygens (including phenoxy) is 2. The molecule has 0 amide bonds. The third-order valence-electron chi connectivity index (χ3n) is 4.22. The van der Waals surface area contributed by atoms with Crippen molar-refractivity contribution in [3.05, 3.63) is 41.5 Å². The lowest BCUT2D eigenvalue weighted by atomic mass is 10.1. The second-order valence-corrected chi connectivity index (χ2v) is 7.25. The molecule has 0 fully saturated rings. The predicted octanol–water partition coefficient (Wildman–Crippen LogP) is 4.96. The van der Waals surface area contributed by atoms with Gasteiger partial charge in [0, 0.05) is 31.6 Å². The summed E-state index contributed by atoms with van der Waals surface area (Å²) in [7, 11) is 7.00. The van der Waals surface area contributed by atoms with Gasteiger partial charge in [-0.3, -0.25) is 0 Å². The van der Waals surface area contributed by atoms with E-state index in [-0.39, 0.29) is 0 Å². The molecule has 1 N–H and O–H groups in total. The first-order valence-electron chi connectivity index (χ1n) is 8.35. The summed E-state index contributed by atoms with van der Waals surface area (Å²) in [5.74, 6) is 1.80. The van der Waals surface area contributed by atoms with Crippen LogP contribution in [0.3, 0.4) is 0 Å². The molecule has 5 nitrogen and oxygen atoms in total. The average molecular weight is 411 g/mol. The van der Waals surface area contributed by atoms with Crippen LogP contribution < -0.4 is 14.4 Å². The lowest BCUT2D eigenvalue weighted by molar-refractivity contribution is -0.137. The van der Waals surface area contributed by atoms with Crippen LogP contribution in [-0.4, -0.2) is 38.3 Å². The summed E-state index contributed by atoms with van der Waals surface area (Å²) >= 11 is 1.41. The van der Waals surface area contributed by atoms with Gasteiger partial charge in [0.2, 0.25) is 0 Å². The normalized spacial score (nSPS) is 11.7. The zero-order chi connectivity index (χ0) is 20.5. The second kappa shape index (κ2) is 7.83. The lowest BCUT2D eigenvalue weighted by Gasteiger charge is -2.20. The first kappa shape index (κ1) is 20.2. The minimum absolute atomic E-state index is 0.359. The highest BCUT2D eigenvalue weighted by Gasteiger charge is 2.30. The van der Waals surface area contributed by atoms with Gasteiger partial charge < -0.3 is 19.4 Å². The number of fused-ring (bicyclic) bond motifs is 1. The molecule has 0 saturated heterocycles. The molecule has 0 atom stereocenters. The van der Waals surface area contributed by atoms with Crippen molar-refractivity contribution in [3.8, 4) is 11.5 Å². The summed E-state index contributed by atoms with van der Waals surface area (Å²) < 4.78 is 49.4. The van der Waals surface area contributed by atoms with E-state index in [9.17, 15) is 13.2 Å². The maximum atomic E-state index is 12.9. The Bertz CT molecular complexity index is 986. The third kappa shape index (κ3) is 4.14. The van der Waals surface area contributed by atoms with Crippen molar-refractivity contribution in [2.24, 2.45) is 0 Å². The fourth-order valence-electron chi connectivity index (χ4n) is 2.82. The summed E-state index contributed by atoms with van der Waals surface area (Å²) in [5.41, 5.74) is 2.10. The number of aromatic nitrogens is 2. The van der Waals surface area contributed by atoms with Gasteiger partial charge in [0.05, 0.1) is 30.8 Å². The SMILES string of the molecule is COc1cc(CSc2nc3ccc(C(F)(F)F)cc3[nH]2)c(N(C)C)cc1OC. The molecule has 1 heterocycles. The van der Waals surface area contributed by atoms with Gasteiger partial charge in [0.15, 0.2) is 16.7 Å². The molecule has 3 rings (SSSR count). The van der Waals surface area contributed by atoms with Gasteiger partial charge in [-0.1, -0.05) is 11.8 Å². The Hall–Kier alpha value is -2.55. The number of rotatable bonds is 6. The highest BCUT2D eigenvalue weighted by atomic mass is 32.2. The van der Waals surface area contributed by atoms with Crippen LogP contribution in [0.15, 0.2) is 35.5 Å². The molecular formula is C19H20F3N3O2S. The third-order valence-corrected chi connectivity index (χ3v) is 5.14. The number of anilines is 1. The molecule has 150 valence electrons. The molecule has 0 radical (unpaired) electrons. The second-order valence-electron chi connectivity index (χ2n) is 6.29. The smallest absolute Gasteiger partial charge is 0.416 e. The molecule has 2 aromatic carbocycles. The van der Waals surface area contributed by atoms with E-state index in [1.165, 1.54) is 17.8 Å². The summed E-state index contributed by atoms with van der Waals surface area (Å²) in [6.07, 6.45) is -4.38. The van der Waals surface area contributed by atoms with Crippen molar-refractivity contribution < 1.29 is 22.6 Å². The van der Waals surface area contributed by atoms with Crippen molar-refractivity contribution in [1.29, 1.82) is 0 Å². The van der Waals surface area contributed by atoms with E-state index in [2.05, 4.69) is 9.97 Å². The number of aromatic amines is 1. The van der Waals surface area contributed by atoms with Crippen molar-refractivity contribution in [1.82, 2.24) is 9.97 Å². The van der Waals surface area contributed by atoms with Gasteiger partial charge in [-0.15, -0.1) is 0 Å². The summed E-state index contributed by atoms with van der Waals surface area (Å²) in [6.45, 7) is 0. The van der Waals surface area contributed by atoms with E-state index in [1.807, 2.05) is 31.1 Å². The Labute approximate surface area is 164 Å². The lowest BCUT2D eigenvalue weighted by Crippen LogP contribution is -2.11. The number of imidazole rings is 1. The predicted molar refractivity (Wildman–Crippen MR) is 105 cm³/mol. The minimum atomic E-state index is -4.38. The Kier molecular flexibility index (Phi) is 5.64. The van der Waals surface area contributed by atoms with E-state index >= 15 is 0 Å². The number of thioether (sulfide) groups is 1. The highest BCUT2D eigenvalue weighted by Crippen LogP contribution is 2.37. The zero-order valence-electron chi connectivity index (χ0n) is 15.8.